The molecule has 0 unspecified atom stereocenters. The van der Waals surface area contributed by atoms with Gasteiger partial charge in [-0.3, -0.25) is 9.69 Å². The quantitative estimate of drug-likeness (QED) is 0.430. The van der Waals surface area contributed by atoms with Crippen LogP contribution >= 0.6 is 11.3 Å². The van der Waals surface area contributed by atoms with Gasteiger partial charge in [0.15, 0.2) is 5.65 Å². The molecule has 0 aliphatic carbocycles. The van der Waals surface area contributed by atoms with E-state index < -0.39 is 0 Å². The lowest BCUT2D eigenvalue weighted by Gasteiger charge is -2.34. The Balaban J connectivity index is 1.33. The molecule has 1 amide bonds. The van der Waals surface area contributed by atoms with Crippen molar-refractivity contribution >= 4 is 38.5 Å². The van der Waals surface area contributed by atoms with Crippen LogP contribution in [0.1, 0.15) is 60.7 Å². The van der Waals surface area contributed by atoms with Gasteiger partial charge < -0.3 is 4.90 Å². The molecule has 33 heavy (non-hydrogen) atoms. The predicted octanol–water partition coefficient (Wildman–Crippen LogP) is 4.70. The number of carbonyl (C=O) groups excluding carboxylic acids is 1. The van der Waals surface area contributed by atoms with Crippen molar-refractivity contribution < 1.29 is 4.79 Å². The molecule has 1 aliphatic rings. The summed E-state index contributed by atoms with van der Waals surface area (Å²) >= 11 is 1.76. The van der Waals surface area contributed by atoms with Crippen LogP contribution in [0.2, 0.25) is 0 Å². The third-order valence-corrected chi connectivity index (χ3v) is 7.28. The monoisotopic (exact) mass is 462 g/mol. The molecule has 1 aliphatic heterocycles. The average Bonchev–Trinajstić information content (AvgIpc) is 3.42. The molecule has 0 spiro atoms. The molecule has 0 N–H and O–H groups in total. The lowest BCUT2D eigenvalue weighted by Crippen LogP contribution is -2.48. The van der Waals surface area contributed by atoms with Gasteiger partial charge in [0.05, 0.1) is 33.9 Å². The Labute approximate surface area is 198 Å². The van der Waals surface area contributed by atoms with Crippen molar-refractivity contribution in [1.82, 2.24) is 29.5 Å². The van der Waals surface area contributed by atoms with Crippen molar-refractivity contribution in [1.29, 1.82) is 0 Å². The van der Waals surface area contributed by atoms with E-state index in [0.29, 0.717) is 13.1 Å². The zero-order valence-electron chi connectivity index (χ0n) is 19.7. The standard InChI is InChI=1S/C25H30N6OS/c1-16(2)21-13-18(19-14-26-31(17(3)4)24(19)28-21)25(32)30-11-9-29(10-12-30)15-23-27-20-7-5-6-8-22(20)33-23/h5-8,13-14,16-17H,9-12,15H2,1-4H3. The lowest BCUT2D eigenvalue weighted by molar-refractivity contribution is 0.0630. The molecule has 8 heteroatoms. The second-order valence-electron chi connectivity index (χ2n) is 9.31. The Hall–Kier alpha value is -2.84. The summed E-state index contributed by atoms with van der Waals surface area (Å²) in [6, 6.07) is 10.4. The first-order valence-corrected chi connectivity index (χ1v) is 12.5. The first-order chi connectivity index (χ1) is 15.9. The number of hydrogen-bond acceptors (Lipinski definition) is 6. The Kier molecular flexibility index (Phi) is 5.88. The van der Waals surface area contributed by atoms with E-state index in [1.807, 2.05) is 21.7 Å². The fourth-order valence-electron chi connectivity index (χ4n) is 4.35. The van der Waals surface area contributed by atoms with Crippen LogP contribution in [-0.2, 0) is 6.54 Å². The molecule has 4 heterocycles. The lowest BCUT2D eigenvalue weighted by atomic mass is 10.0. The molecule has 7 nitrogen and oxygen atoms in total. The van der Waals surface area contributed by atoms with Crippen LogP contribution < -0.4 is 0 Å². The normalized spacial score (nSPS) is 15.4. The maximum atomic E-state index is 13.6. The van der Waals surface area contributed by atoms with Crippen LogP contribution in [0.15, 0.2) is 36.5 Å². The Bertz CT molecular complexity index is 1270. The van der Waals surface area contributed by atoms with Crippen molar-refractivity contribution in [3.05, 3.63) is 52.8 Å². The van der Waals surface area contributed by atoms with E-state index in [0.717, 1.165) is 52.4 Å². The maximum Gasteiger partial charge on any atom is 0.254 e. The maximum absolute atomic E-state index is 13.6. The predicted molar refractivity (Wildman–Crippen MR) is 133 cm³/mol. The van der Waals surface area contributed by atoms with Gasteiger partial charge in [-0.2, -0.15) is 5.10 Å². The largest absolute Gasteiger partial charge is 0.336 e. The van der Waals surface area contributed by atoms with E-state index in [9.17, 15) is 4.79 Å². The number of nitrogens with zero attached hydrogens (tertiary/aromatic N) is 6. The molecule has 0 saturated carbocycles. The summed E-state index contributed by atoms with van der Waals surface area (Å²) in [7, 11) is 0. The number of fused-ring (bicyclic) bond motifs is 2. The number of benzene rings is 1. The SMILES string of the molecule is CC(C)c1cc(C(=O)N2CCN(Cc3nc4ccccc4s3)CC2)c2cnn(C(C)C)c2n1. The van der Waals surface area contributed by atoms with Gasteiger partial charge in [0.2, 0.25) is 0 Å². The molecule has 3 aromatic heterocycles. The number of hydrogen-bond donors (Lipinski definition) is 0. The Morgan fingerprint density at radius 1 is 1.06 bits per heavy atom. The minimum atomic E-state index is 0.0762. The van der Waals surface area contributed by atoms with Crippen LogP contribution in [-0.4, -0.2) is 61.6 Å². The summed E-state index contributed by atoms with van der Waals surface area (Å²) in [4.78, 5) is 27.5. The summed E-state index contributed by atoms with van der Waals surface area (Å²) in [5, 5.41) is 6.51. The third-order valence-electron chi connectivity index (χ3n) is 6.25. The third kappa shape index (κ3) is 4.25. The zero-order valence-corrected chi connectivity index (χ0v) is 20.5. The fourth-order valence-corrected chi connectivity index (χ4v) is 5.36. The van der Waals surface area contributed by atoms with Crippen molar-refractivity contribution in [2.45, 2.75) is 46.2 Å². The van der Waals surface area contributed by atoms with E-state index in [1.54, 1.807) is 17.5 Å². The topological polar surface area (TPSA) is 67.2 Å². The highest BCUT2D eigenvalue weighted by Gasteiger charge is 2.26. The van der Waals surface area contributed by atoms with Gasteiger partial charge in [-0.05, 0) is 38.0 Å². The van der Waals surface area contributed by atoms with Gasteiger partial charge in [0, 0.05) is 37.9 Å². The first-order valence-electron chi connectivity index (χ1n) is 11.6. The molecule has 1 saturated heterocycles. The second kappa shape index (κ2) is 8.83. The van der Waals surface area contributed by atoms with E-state index in [2.05, 4.69) is 55.9 Å². The summed E-state index contributed by atoms with van der Waals surface area (Å²) in [5.41, 5.74) is 3.52. The highest BCUT2D eigenvalue weighted by atomic mass is 32.1. The molecule has 172 valence electrons. The summed E-state index contributed by atoms with van der Waals surface area (Å²) in [6.07, 6.45) is 1.79. The van der Waals surface area contributed by atoms with Crippen LogP contribution in [0.5, 0.6) is 0 Å². The van der Waals surface area contributed by atoms with Gasteiger partial charge in [-0.1, -0.05) is 26.0 Å². The van der Waals surface area contributed by atoms with Crippen LogP contribution in [0.3, 0.4) is 0 Å². The Morgan fingerprint density at radius 3 is 2.52 bits per heavy atom. The molecule has 0 atom stereocenters. The highest BCUT2D eigenvalue weighted by Crippen LogP contribution is 2.26. The van der Waals surface area contributed by atoms with Crippen LogP contribution in [0.25, 0.3) is 21.3 Å². The van der Waals surface area contributed by atoms with E-state index >= 15 is 0 Å². The number of piperazine rings is 1. The molecule has 1 aromatic carbocycles. The van der Waals surface area contributed by atoms with Crippen molar-refractivity contribution in [2.75, 3.05) is 26.2 Å². The van der Waals surface area contributed by atoms with Gasteiger partial charge in [-0.25, -0.2) is 14.6 Å². The van der Waals surface area contributed by atoms with Crippen molar-refractivity contribution in [3.8, 4) is 0 Å². The minimum absolute atomic E-state index is 0.0762. The molecule has 5 rings (SSSR count). The second-order valence-corrected chi connectivity index (χ2v) is 10.4. The average molecular weight is 463 g/mol. The summed E-state index contributed by atoms with van der Waals surface area (Å²) in [6.45, 7) is 12.3. The van der Waals surface area contributed by atoms with Gasteiger partial charge in [0.1, 0.15) is 5.01 Å². The minimum Gasteiger partial charge on any atom is -0.336 e. The molecular formula is C25H30N6OS. The number of amides is 1. The molecule has 1 fully saturated rings. The number of rotatable bonds is 5. The summed E-state index contributed by atoms with van der Waals surface area (Å²) in [5.74, 6) is 0.314. The fraction of sp³-hybridized carbons (Fsp3) is 0.440. The first kappa shape index (κ1) is 22.0. The number of pyridine rings is 1. The zero-order chi connectivity index (χ0) is 23.1. The van der Waals surface area contributed by atoms with E-state index in [-0.39, 0.29) is 17.9 Å². The number of thiazole rings is 1. The molecule has 0 radical (unpaired) electrons. The van der Waals surface area contributed by atoms with E-state index in [4.69, 9.17) is 9.97 Å². The van der Waals surface area contributed by atoms with Crippen LogP contribution in [0.4, 0.5) is 0 Å². The smallest absolute Gasteiger partial charge is 0.254 e. The number of carbonyl (C=O) groups is 1. The van der Waals surface area contributed by atoms with E-state index in [1.165, 1.54) is 4.70 Å². The van der Waals surface area contributed by atoms with Crippen LogP contribution in [0, 0.1) is 0 Å². The van der Waals surface area contributed by atoms with Crippen molar-refractivity contribution in [3.63, 3.8) is 0 Å². The summed E-state index contributed by atoms with van der Waals surface area (Å²) < 4.78 is 3.14. The number of para-hydroxylation sites is 1. The van der Waals surface area contributed by atoms with Crippen molar-refractivity contribution in [2.24, 2.45) is 0 Å². The molecule has 0 bridgehead atoms. The van der Waals surface area contributed by atoms with Gasteiger partial charge in [0.25, 0.3) is 5.91 Å². The molecular weight excluding hydrogens is 432 g/mol. The Morgan fingerprint density at radius 2 is 1.82 bits per heavy atom. The highest BCUT2D eigenvalue weighted by molar-refractivity contribution is 7.18. The number of aromatic nitrogens is 4. The molecule has 4 aromatic rings. The van der Waals surface area contributed by atoms with Gasteiger partial charge >= 0.3 is 0 Å². The van der Waals surface area contributed by atoms with Gasteiger partial charge in [-0.15, -0.1) is 11.3 Å².